The fourth-order valence-electron chi connectivity index (χ4n) is 1.46. The van der Waals surface area contributed by atoms with Crippen molar-refractivity contribution in [3.8, 4) is 5.75 Å². The highest BCUT2D eigenvalue weighted by atomic mass is 79.9. The van der Waals surface area contributed by atoms with Crippen LogP contribution in [0.1, 0.15) is 27.9 Å². The molecule has 0 fully saturated rings. The maximum Gasteiger partial charge on any atom is 0.168 e. The summed E-state index contributed by atoms with van der Waals surface area (Å²) in [6, 6.07) is 1.80. The Bertz CT molecular complexity index is 376. The van der Waals surface area contributed by atoms with E-state index in [1.54, 1.807) is 6.07 Å². The number of halogens is 1. The minimum Gasteiger partial charge on any atom is -0.506 e. The minimum absolute atomic E-state index is 0.0107. The molecule has 1 rings (SSSR count). The van der Waals surface area contributed by atoms with Gasteiger partial charge in [-0.15, -0.1) is 0 Å². The second-order valence-corrected chi connectivity index (χ2v) is 4.34. The molecule has 0 saturated carbocycles. The number of hydrogen-bond acceptors (Lipinski definition) is 3. The zero-order valence-corrected chi connectivity index (χ0v) is 10.4. The average molecular weight is 272 g/mol. The van der Waals surface area contributed by atoms with Crippen LogP contribution in [0.3, 0.4) is 0 Å². The van der Waals surface area contributed by atoms with E-state index >= 15 is 0 Å². The molecule has 0 saturated heterocycles. The third kappa shape index (κ3) is 2.38. The third-order valence-corrected chi connectivity index (χ3v) is 3.03. The number of nitrogens with two attached hydrogens (primary N) is 1. The molecule has 1 aromatic rings. The van der Waals surface area contributed by atoms with Gasteiger partial charge in [0.2, 0.25) is 0 Å². The Balaban J connectivity index is 3.32. The number of carbonyl (C=O) groups excluding carboxylic acids is 1. The van der Waals surface area contributed by atoms with Crippen LogP contribution in [0.2, 0.25) is 0 Å². The first-order valence-electron chi connectivity index (χ1n) is 4.71. The van der Waals surface area contributed by atoms with Crippen molar-refractivity contribution in [2.75, 3.05) is 6.54 Å². The Kier molecular flexibility index (Phi) is 3.88. The van der Waals surface area contributed by atoms with Gasteiger partial charge in [0.25, 0.3) is 0 Å². The molecule has 0 spiro atoms. The monoisotopic (exact) mass is 271 g/mol. The van der Waals surface area contributed by atoms with Crippen molar-refractivity contribution in [2.45, 2.75) is 20.3 Å². The van der Waals surface area contributed by atoms with E-state index in [4.69, 9.17) is 5.73 Å². The number of aromatic hydroxyl groups is 1. The van der Waals surface area contributed by atoms with E-state index in [1.807, 2.05) is 13.8 Å². The standard InChI is InChI=1S/C11H14BrNO2/c1-6-5-8(12)11(15)10(7(6)2)9(14)3-4-13/h5,15H,3-4,13H2,1-2H3. The molecule has 0 aliphatic rings. The molecule has 0 aromatic heterocycles. The summed E-state index contributed by atoms with van der Waals surface area (Å²) in [5.74, 6) is -0.103. The topological polar surface area (TPSA) is 63.3 Å². The van der Waals surface area contributed by atoms with Crippen molar-refractivity contribution in [3.63, 3.8) is 0 Å². The molecule has 3 nitrogen and oxygen atoms in total. The van der Waals surface area contributed by atoms with Crippen LogP contribution in [0, 0.1) is 13.8 Å². The number of Topliss-reactive ketones (excluding diaryl/α,β-unsaturated/α-hetero) is 1. The summed E-state index contributed by atoms with van der Waals surface area (Å²) in [6.07, 6.45) is 0.254. The van der Waals surface area contributed by atoms with Gasteiger partial charge in [0.1, 0.15) is 5.75 Å². The Labute approximate surface area is 97.4 Å². The van der Waals surface area contributed by atoms with Gasteiger partial charge < -0.3 is 10.8 Å². The predicted octanol–water partition coefficient (Wildman–Crippen LogP) is 2.30. The predicted molar refractivity (Wildman–Crippen MR) is 63.3 cm³/mol. The summed E-state index contributed by atoms with van der Waals surface area (Å²) < 4.78 is 0.547. The Hall–Kier alpha value is -0.870. The smallest absolute Gasteiger partial charge is 0.168 e. The first-order valence-corrected chi connectivity index (χ1v) is 5.50. The summed E-state index contributed by atoms with van der Waals surface area (Å²) in [5.41, 5.74) is 7.50. The van der Waals surface area contributed by atoms with Crippen molar-refractivity contribution >= 4 is 21.7 Å². The molecule has 3 N–H and O–H groups in total. The Morgan fingerprint density at radius 1 is 1.53 bits per heavy atom. The van der Waals surface area contributed by atoms with Gasteiger partial charge in [-0.05, 0) is 53.5 Å². The number of phenolic OH excluding ortho intramolecular Hbond substituents is 1. The molecular formula is C11H14BrNO2. The van der Waals surface area contributed by atoms with Crippen molar-refractivity contribution in [1.29, 1.82) is 0 Å². The number of ketones is 1. The summed E-state index contributed by atoms with van der Waals surface area (Å²) in [4.78, 5) is 11.7. The van der Waals surface area contributed by atoms with Gasteiger partial charge in [0.05, 0.1) is 10.0 Å². The van der Waals surface area contributed by atoms with Crippen molar-refractivity contribution in [2.24, 2.45) is 5.73 Å². The molecule has 0 heterocycles. The molecule has 0 aliphatic heterocycles. The summed E-state index contributed by atoms with van der Waals surface area (Å²) in [7, 11) is 0. The Morgan fingerprint density at radius 3 is 2.67 bits per heavy atom. The molecule has 0 unspecified atom stereocenters. The molecular weight excluding hydrogens is 258 g/mol. The van der Waals surface area contributed by atoms with Gasteiger partial charge in [0.15, 0.2) is 5.78 Å². The normalized spacial score (nSPS) is 10.4. The highest BCUT2D eigenvalue weighted by molar-refractivity contribution is 9.10. The summed E-state index contributed by atoms with van der Waals surface area (Å²) in [5, 5.41) is 9.79. The molecule has 0 aliphatic carbocycles. The zero-order chi connectivity index (χ0) is 11.6. The van der Waals surface area contributed by atoms with Gasteiger partial charge in [-0.2, -0.15) is 0 Å². The number of phenols is 1. The molecule has 0 atom stereocenters. The lowest BCUT2D eigenvalue weighted by atomic mass is 9.97. The minimum atomic E-state index is -0.114. The van der Waals surface area contributed by atoms with E-state index in [0.29, 0.717) is 16.6 Å². The lowest BCUT2D eigenvalue weighted by Crippen LogP contribution is -2.10. The second kappa shape index (κ2) is 4.77. The fourth-order valence-corrected chi connectivity index (χ4v) is 2.00. The number of benzene rings is 1. The fraction of sp³-hybridized carbons (Fsp3) is 0.364. The lowest BCUT2D eigenvalue weighted by Gasteiger charge is -2.11. The van der Waals surface area contributed by atoms with Gasteiger partial charge in [-0.25, -0.2) is 0 Å². The van der Waals surface area contributed by atoms with Crippen molar-refractivity contribution < 1.29 is 9.90 Å². The summed E-state index contributed by atoms with van der Waals surface area (Å²) in [6.45, 7) is 4.02. The maximum atomic E-state index is 11.7. The van der Waals surface area contributed by atoms with E-state index in [0.717, 1.165) is 11.1 Å². The van der Waals surface area contributed by atoms with Gasteiger partial charge in [-0.3, -0.25) is 4.79 Å². The van der Waals surface area contributed by atoms with Crippen LogP contribution >= 0.6 is 15.9 Å². The average Bonchev–Trinajstić information content (AvgIpc) is 2.16. The highest BCUT2D eigenvalue weighted by Gasteiger charge is 2.17. The van der Waals surface area contributed by atoms with Gasteiger partial charge in [-0.1, -0.05) is 0 Å². The second-order valence-electron chi connectivity index (χ2n) is 3.49. The van der Waals surface area contributed by atoms with E-state index in [1.165, 1.54) is 0 Å². The number of carbonyl (C=O) groups is 1. The van der Waals surface area contributed by atoms with Crippen molar-refractivity contribution in [3.05, 3.63) is 27.2 Å². The zero-order valence-electron chi connectivity index (χ0n) is 8.80. The first-order chi connectivity index (χ1) is 6.99. The van der Waals surface area contributed by atoms with Crippen LogP contribution in [-0.4, -0.2) is 17.4 Å². The van der Waals surface area contributed by atoms with E-state index in [-0.39, 0.29) is 18.0 Å². The van der Waals surface area contributed by atoms with Crippen LogP contribution < -0.4 is 5.73 Å². The van der Waals surface area contributed by atoms with Crippen LogP contribution in [0.25, 0.3) is 0 Å². The van der Waals surface area contributed by atoms with Crippen molar-refractivity contribution in [1.82, 2.24) is 0 Å². The highest BCUT2D eigenvalue weighted by Crippen LogP contribution is 2.33. The molecule has 15 heavy (non-hydrogen) atoms. The van der Waals surface area contributed by atoms with Crippen LogP contribution in [0.4, 0.5) is 0 Å². The van der Waals surface area contributed by atoms with Gasteiger partial charge in [0, 0.05) is 6.42 Å². The van der Waals surface area contributed by atoms with E-state index < -0.39 is 0 Å². The number of aryl methyl sites for hydroxylation is 1. The molecule has 1 aromatic carbocycles. The quantitative estimate of drug-likeness (QED) is 0.830. The van der Waals surface area contributed by atoms with Crippen LogP contribution in [0.5, 0.6) is 5.75 Å². The molecule has 82 valence electrons. The van der Waals surface area contributed by atoms with E-state index in [2.05, 4.69) is 15.9 Å². The summed E-state index contributed by atoms with van der Waals surface area (Å²) >= 11 is 3.22. The largest absolute Gasteiger partial charge is 0.506 e. The lowest BCUT2D eigenvalue weighted by molar-refractivity contribution is 0.0982. The molecule has 0 amide bonds. The van der Waals surface area contributed by atoms with Gasteiger partial charge >= 0.3 is 0 Å². The molecule has 0 radical (unpaired) electrons. The molecule has 4 heteroatoms. The molecule has 0 bridgehead atoms. The van der Waals surface area contributed by atoms with Crippen LogP contribution in [0.15, 0.2) is 10.5 Å². The third-order valence-electron chi connectivity index (χ3n) is 2.42. The van der Waals surface area contributed by atoms with E-state index in [9.17, 15) is 9.90 Å². The first kappa shape index (κ1) is 12.2. The maximum absolute atomic E-state index is 11.7. The SMILES string of the molecule is Cc1cc(Br)c(O)c(C(=O)CCN)c1C. The van der Waals surface area contributed by atoms with Crippen LogP contribution in [-0.2, 0) is 0 Å². The Morgan fingerprint density at radius 2 is 2.13 bits per heavy atom. The number of hydrogen-bond donors (Lipinski definition) is 2. The number of rotatable bonds is 3.